The van der Waals surface area contributed by atoms with Gasteiger partial charge in [0.2, 0.25) is 0 Å². The summed E-state index contributed by atoms with van der Waals surface area (Å²) in [6.45, 7) is 3.29. The van der Waals surface area contributed by atoms with Gasteiger partial charge in [-0.3, -0.25) is 9.78 Å². The number of likely N-dealkylation sites (N-methyl/N-ethyl adjacent to an activating group) is 1. The summed E-state index contributed by atoms with van der Waals surface area (Å²) in [6, 6.07) is 10.3. The lowest BCUT2D eigenvalue weighted by Gasteiger charge is -2.18. The summed E-state index contributed by atoms with van der Waals surface area (Å²) in [5.74, 6) is -0.761. The molecule has 0 amide bonds. The van der Waals surface area contributed by atoms with E-state index in [1.54, 1.807) is 18.3 Å². The predicted octanol–water partition coefficient (Wildman–Crippen LogP) is 6.20. The number of phenols is 1. The fraction of sp³-hybridized carbons (Fsp3) is 0.231. The van der Waals surface area contributed by atoms with Crippen molar-refractivity contribution in [3.8, 4) is 17.0 Å². The van der Waals surface area contributed by atoms with E-state index in [4.69, 9.17) is 11.6 Å². The lowest BCUT2D eigenvalue weighted by Crippen LogP contribution is -2.29. The van der Waals surface area contributed by atoms with Crippen LogP contribution >= 0.6 is 48.8 Å². The van der Waals surface area contributed by atoms with Crippen molar-refractivity contribution < 1.29 is 14.3 Å². The fourth-order valence-corrected chi connectivity index (χ4v) is 4.54. The molecule has 39 heavy (non-hydrogen) atoms. The Bertz CT molecular complexity index is 1450. The Kier molecular flexibility index (Phi) is 11.1. The molecule has 1 aliphatic heterocycles. The molecular formula is C26H27Cl4FN6O2. The summed E-state index contributed by atoms with van der Waals surface area (Å²) in [7, 11) is 1.96. The van der Waals surface area contributed by atoms with Gasteiger partial charge >= 0.3 is 0 Å². The third-order valence-electron chi connectivity index (χ3n) is 6.34. The predicted molar refractivity (Wildman–Crippen MR) is 161 cm³/mol. The first-order valence-corrected chi connectivity index (χ1v) is 11.9. The topological polar surface area (TPSA) is 103 Å². The van der Waals surface area contributed by atoms with Gasteiger partial charge in [0.05, 0.1) is 39.4 Å². The summed E-state index contributed by atoms with van der Waals surface area (Å²) in [5.41, 5.74) is 3.31. The van der Waals surface area contributed by atoms with E-state index < -0.39 is 11.6 Å². The maximum atomic E-state index is 14.1. The number of nitrogens with one attached hydrogen (secondary N) is 2. The van der Waals surface area contributed by atoms with E-state index in [2.05, 4.69) is 30.5 Å². The average Bonchev–Trinajstić information content (AvgIpc) is 3.36. The van der Waals surface area contributed by atoms with Crippen molar-refractivity contribution in [2.45, 2.75) is 19.4 Å². The molecule has 3 aromatic heterocycles. The van der Waals surface area contributed by atoms with Crippen molar-refractivity contribution in [3.05, 3.63) is 65.2 Å². The molecule has 3 N–H and O–H groups in total. The van der Waals surface area contributed by atoms with Gasteiger partial charge in [-0.15, -0.1) is 37.2 Å². The van der Waals surface area contributed by atoms with Gasteiger partial charge in [0.25, 0.3) is 0 Å². The Hall–Kier alpha value is -2.95. The van der Waals surface area contributed by atoms with Crippen LogP contribution in [0.5, 0.6) is 5.75 Å². The number of Topliss-reactive ketones (excluding diaryl/α,β-unsaturated/α-hetero) is 1. The number of halogens is 5. The number of aromatic hydroxyl groups is 1. The van der Waals surface area contributed by atoms with Crippen molar-refractivity contribution in [1.82, 2.24) is 20.3 Å². The number of benzene rings is 1. The van der Waals surface area contributed by atoms with Crippen molar-refractivity contribution in [2.75, 3.05) is 30.4 Å². The maximum absolute atomic E-state index is 14.1. The van der Waals surface area contributed by atoms with Gasteiger partial charge in [0.1, 0.15) is 11.3 Å². The number of hydrogen-bond donors (Lipinski definition) is 3. The van der Waals surface area contributed by atoms with E-state index in [0.29, 0.717) is 45.3 Å². The van der Waals surface area contributed by atoms with Gasteiger partial charge in [0.15, 0.2) is 17.3 Å². The quantitative estimate of drug-likeness (QED) is 0.220. The molecule has 0 bridgehead atoms. The van der Waals surface area contributed by atoms with Crippen LogP contribution in [0.15, 0.2) is 48.8 Å². The maximum Gasteiger partial charge on any atom is 0.170 e. The van der Waals surface area contributed by atoms with Gasteiger partial charge in [-0.05, 0) is 56.8 Å². The third kappa shape index (κ3) is 6.62. The molecule has 1 atom stereocenters. The highest BCUT2D eigenvalue weighted by molar-refractivity contribution is 6.32. The highest BCUT2D eigenvalue weighted by Crippen LogP contribution is 2.34. The Morgan fingerprint density at radius 3 is 2.51 bits per heavy atom. The second kappa shape index (κ2) is 13.4. The van der Waals surface area contributed by atoms with E-state index in [9.17, 15) is 14.3 Å². The van der Waals surface area contributed by atoms with Crippen LogP contribution in [-0.2, 0) is 0 Å². The Labute approximate surface area is 248 Å². The van der Waals surface area contributed by atoms with Crippen LogP contribution in [0.3, 0.4) is 0 Å². The minimum absolute atomic E-state index is 0. The van der Waals surface area contributed by atoms with Gasteiger partial charge in [-0.2, -0.15) is 0 Å². The lowest BCUT2D eigenvalue weighted by atomic mass is 10.1. The monoisotopic (exact) mass is 614 g/mol. The van der Waals surface area contributed by atoms with Gasteiger partial charge < -0.3 is 20.6 Å². The summed E-state index contributed by atoms with van der Waals surface area (Å²) in [4.78, 5) is 28.3. The molecule has 0 saturated carbocycles. The van der Waals surface area contributed by atoms with Crippen LogP contribution in [0.1, 0.15) is 23.7 Å². The number of phenolic OH excluding ortho intramolecular Hbond substituents is 1. The van der Waals surface area contributed by atoms with Crippen LogP contribution in [0, 0.1) is 5.82 Å². The summed E-state index contributed by atoms with van der Waals surface area (Å²) >= 11 is 5.97. The molecule has 0 radical (unpaired) electrons. The van der Waals surface area contributed by atoms with Crippen LogP contribution < -0.4 is 15.5 Å². The molecule has 5 rings (SSSR count). The first kappa shape index (κ1) is 32.3. The number of pyridine rings is 3. The van der Waals surface area contributed by atoms with Crippen LogP contribution in [0.2, 0.25) is 5.02 Å². The van der Waals surface area contributed by atoms with E-state index in [0.717, 1.165) is 31.4 Å². The Morgan fingerprint density at radius 2 is 1.90 bits per heavy atom. The van der Waals surface area contributed by atoms with E-state index >= 15 is 0 Å². The summed E-state index contributed by atoms with van der Waals surface area (Å²) < 4.78 is 14.1. The molecule has 8 nitrogen and oxygen atoms in total. The standard InChI is InChI=1S/C26H24ClFN6O2.3ClH/c1-14(35)18-12-30-22-5-4-21(15-9-19(27)26(36)20(28)10-15)33-25(22)24(18)32-16-3-6-23(31-11-16)34-8-7-17(13-34)29-2;;;/h3-6,9-12,17,29,36H,7-8,13H2,1-2H3,(H,30,32);3*1H. The van der Waals surface area contributed by atoms with Crippen molar-refractivity contribution >= 4 is 82.8 Å². The van der Waals surface area contributed by atoms with Gasteiger partial charge in [-0.1, -0.05) is 11.6 Å². The number of carbonyl (C=O) groups excluding carboxylic acids is 1. The molecule has 1 unspecified atom stereocenters. The number of hydrogen-bond acceptors (Lipinski definition) is 8. The number of carbonyl (C=O) groups is 1. The van der Waals surface area contributed by atoms with Crippen molar-refractivity contribution in [2.24, 2.45) is 0 Å². The second-order valence-corrected chi connectivity index (χ2v) is 9.11. The first-order valence-electron chi connectivity index (χ1n) is 11.5. The van der Waals surface area contributed by atoms with Gasteiger partial charge in [-0.25, -0.2) is 14.4 Å². The van der Waals surface area contributed by atoms with E-state index in [1.165, 1.54) is 19.2 Å². The van der Waals surface area contributed by atoms with E-state index in [1.807, 2.05) is 19.2 Å². The minimum atomic E-state index is -0.849. The average molecular weight is 616 g/mol. The van der Waals surface area contributed by atoms with Crippen LogP contribution in [0.4, 0.5) is 21.6 Å². The molecule has 4 aromatic rings. The SMILES string of the molecule is CNC1CCN(c2ccc(Nc3c(C(C)=O)cnc4ccc(-c5cc(F)c(O)c(Cl)c5)nc34)cn2)C1.Cl.Cl.Cl. The number of fused-ring (bicyclic) bond motifs is 1. The molecule has 1 saturated heterocycles. The zero-order chi connectivity index (χ0) is 25.4. The molecule has 13 heteroatoms. The summed E-state index contributed by atoms with van der Waals surface area (Å²) in [6.07, 6.45) is 4.29. The Balaban J connectivity index is 0.00000178. The molecule has 0 spiro atoms. The third-order valence-corrected chi connectivity index (χ3v) is 6.63. The molecule has 4 heterocycles. The molecule has 1 aromatic carbocycles. The van der Waals surface area contributed by atoms with Gasteiger partial charge in [0, 0.05) is 30.9 Å². The fourth-order valence-electron chi connectivity index (χ4n) is 4.33. The zero-order valence-corrected chi connectivity index (χ0v) is 24.1. The second-order valence-electron chi connectivity index (χ2n) is 8.71. The largest absolute Gasteiger partial charge is 0.504 e. The number of ketones is 1. The molecule has 208 valence electrons. The highest BCUT2D eigenvalue weighted by Gasteiger charge is 2.22. The first-order chi connectivity index (χ1) is 17.3. The molecular weight excluding hydrogens is 589 g/mol. The number of anilines is 3. The van der Waals surface area contributed by atoms with Crippen LogP contribution in [-0.4, -0.2) is 52.0 Å². The highest BCUT2D eigenvalue weighted by atomic mass is 35.5. The number of aromatic nitrogens is 3. The number of rotatable bonds is 6. The number of nitrogens with zero attached hydrogens (tertiary/aromatic N) is 4. The Morgan fingerprint density at radius 1 is 1.13 bits per heavy atom. The molecule has 1 fully saturated rings. The van der Waals surface area contributed by atoms with Crippen molar-refractivity contribution in [1.29, 1.82) is 0 Å². The van der Waals surface area contributed by atoms with Crippen molar-refractivity contribution in [3.63, 3.8) is 0 Å². The smallest absolute Gasteiger partial charge is 0.170 e. The van der Waals surface area contributed by atoms with Crippen LogP contribution in [0.25, 0.3) is 22.3 Å². The normalized spacial score (nSPS) is 14.3. The zero-order valence-electron chi connectivity index (χ0n) is 20.9. The molecule has 1 aliphatic rings. The summed E-state index contributed by atoms with van der Waals surface area (Å²) in [5, 5.41) is 16.1. The molecule has 0 aliphatic carbocycles. The minimum Gasteiger partial charge on any atom is -0.504 e. The van der Waals surface area contributed by atoms with E-state index in [-0.39, 0.29) is 48.0 Å². The lowest BCUT2D eigenvalue weighted by molar-refractivity contribution is 0.101.